The van der Waals surface area contributed by atoms with Gasteiger partial charge < -0.3 is 24.9 Å². The molecule has 7 nitrogen and oxygen atoms in total. The highest BCUT2D eigenvalue weighted by Crippen LogP contribution is 2.38. The van der Waals surface area contributed by atoms with Crippen molar-refractivity contribution in [1.29, 1.82) is 0 Å². The van der Waals surface area contributed by atoms with Gasteiger partial charge in [0.1, 0.15) is 0 Å². The first-order chi connectivity index (χ1) is 9.15. The van der Waals surface area contributed by atoms with Crippen LogP contribution in [-0.2, 0) is 0 Å². The van der Waals surface area contributed by atoms with Gasteiger partial charge in [0, 0.05) is 12.1 Å². The van der Waals surface area contributed by atoms with Gasteiger partial charge in [-0.1, -0.05) is 0 Å². The number of hydrogen-bond donors (Lipinski definition) is 2. The number of carbonyl (C=O) groups excluding carboxylic acids is 1. The van der Waals surface area contributed by atoms with Crippen LogP contribution in [0.25, 0.3) is 0 Å². The van der Waals surface area contributed by atoms with Crippen LogP contribution in [0, 0.1) is 6.92 Å². The van der Waals surface area contributed by atoms with Crippen LogP contribution in [0.5, 0.6) is 11.5 Å². The zero-order valence-electron chi connectivity index (χ0n) is 10.1. The van der Waals surface area contributed by atoms with Crippen molar-refractivity contribution in [3.63, 3.8) is 0 Å². The molecule has 0 atom stereocenters. The number of fused-ring (bicyclic) bond motifs is 1. The number of aryl methyl sites for hydroxylation is 1. The molecule has 0 unspecified atom stereocenters. The molecule has 0 saturated heterocycles. The summed E-state index contributed by atoms with van der Waals surface area (Å²) in [5.74, 6) is 0.836. The molecule has 0 fully saturated rings. The number of benzene rings is 1. The highest BCUT2D eigenvalue weighted by atomic mass is 16.7. The molecule has 2 aromatic rings. The largest absolute Gasteiger partial charge is 0.454 e. The molecule has 1 aliphatic heterocycles. The lowest BCUT2D eigenvalue weighted by Gasteiger charge is -2.08. The number of nitrogen functional groups attached to an aromatic ring is 1. The van der Waals surface area contributed by atoms with Crippen molar-refractivity contribution in [2.24, 2.45) is 0 Å². The second-order valence-electron chi connectivity index (χ2n) is 4.01. The normalized spacial score (nSPS) is 12.5. The van der Waals surface area contributed by atoms with Crippen LogP contribution in [0.15, 0.2) is 22.9 Å². The van der Waals surface area contributed by atoms with Gasteiger partial charge in [-0.3, -0.25) is 4.79 Å². The highest BCUT2D eigenvalue weighted by Gasteiger charge is 2.19. The zero-order valence-corrected chi connectivity index (χ0v) is 10.1. The van der Waals surface area contributed by atoms with Crippen LogP contribution < -0.4 is 20.5 Å². The number of ether oxygens (including phenoxy) is 2. The van der Waals surface area contributed by atoms with Crippen LogP contribution in [0.1, 0.15) is 16.2 Å². The second-order valence-corrected chi connectivity index (χ2v) is 4.01. The standard InChI is InChI=1S/C12H11N3O4/c1-6-11(17-4-14-6)12(16)15-8-3-10-9(2-7(8)13)18-5-19-10/h2-4H,5,13H2,1H3,(H,15,16). The predicted molar refractivity (Wildman–Crippen MR) is 66.2 cm³/mol. The Kier molecular flexibility index (Phi) is 2.52. The van der Waals surface area contributed by atoms with Crippen molar-refractivity contribution in [3.8, 4) is 11.5 Å². The first-order valence-electron chi connectivity index (χ1n) is 5.55. The molecule has 3 N–H and O–H groups in total. The Morgan fingerprint density at radius 3 is 2.79 bits per heavy atom. The van der Waals surface area contributed by atoms with Gasteiger partial charge in [-0.25, -0.2) is 4.98 Å². The molecule has 0 spiro atoms. The summed E-state index contributed by atoms with van der Waals surface area (Å²) in [6.45, 7) is 1.83. The first-order valence-corrected chi connectivity index (χ1v) is 5.55. The Labute approximate surface area is 108 Å². The van der Waals surface area contributed by atoms with E-state index in [1.54, 1.807) is 19.1 Å². The second kappa shape index (κ2) is 4.20. The van der Waals surface area contributed by atoms with Crippen molar-refractivity contribution in [2.45, 2.75) is 6.92 Å². The maximum Gasteiger partial charge on any atom is 0.293 e. The minimum atomic E-state index is -0.416. The van der Waals surface area contributed by atoms with Crippen LogP contribution in [0.4, 0.5) is 11.4 Å². The summed E-state index contributed by atoms with van der Waals surface area (Å²) in [6.07, 6.45) is 1.22. The molecule has 3 rings (SSSR count). The van der Waals surface area contributed by atoms with Crippen molar-refractivity contribution in [2.75, 3.05) is 17.8 Å². The van der Waals surface area contributed by atoms with E-state index in [1.165, 1.54) is 6.39 Å². The summed E-state index contributed by atoms with van der Waals surface area (Å²) in [6, 6.07) is 3.21. The molecule has 7 heteroatoms. The van der Waals surface area contributed by atoms with Gasteiger partial charge in [0.05, 0.1) is 17.1 Å². The van der Waals surface area contributed by atoms with Crippen molar-refractivity contribution < 1.29 is 18.7 Å². The molecule has 2 heterocycles. The Bertz CT molecular complexity index is 650. The van der Waals surface area contributed by atoms with E-state index in [2.05, 4.69) is 10.3 Å². The quantitative estimate of drug-likeness (QED) is 0.795. The monoisotopic (exact) mass is 261 g/mol. The predicted octanol–water partition coefficient (Wildman–Crippen LogP) is 1.55. The van der Waals surface area contributed by atoms with Gasteiger partial charge >= 0.3 is 0 Å². The Morgan fingerprint density at radius 2 is 2.11 bits per heavy atom. The van der Waals surface area contributed by atoms with Gasteiger partial charge in [0.15, 0.2) is 17.9 Å². The number of hydrogen-bond acceptors (Lipinski definition) is 6. The number of aromatic nitrogens is 1. The third kappa shape index (κ3) is 1.95. The third-order valence-electron chi connectivity index (χ3n) is 2.74. The maximum atomic E-state index is 12.0. The zero-order chi connectivity index (χ0) is 13.4. The fourth-order valence-corrected chi connectivity index (χ4v) is 1.76. The molecule has 0 radical (unpaired) electrons. The fraction of sp³-hybridized carbons (Fsp3) is 0.167. The summed E-state index contributed by atoms with van der Waals surface area (Å²) >= 11 is 0. The Hall–Kier alpha value is -2.70. The molecule has 1 aliphatic rings. The average molecular weight is 261 g/mol. The lowest BCUT2D eigenvalue weighted by molar-refractivity contribution is 0.0996. The van der Waals surface area contributed by atoms with E-state index in [-0.39, 0.29) is 12.6 Å². The van der Waals surface area contributed by atoms with Crippen LogP contribution in [0.2, 0.25) is 0 Å². The number of oxazole rings is 1. The maximum absolute atomic E-state index is 12.0. The van der Waals surface area contributed by atoms with Gasteiger partial charge in [-0.2, -0.15) is 0 Å². The average Bonchev–Trinajstić information content (AvgIpc) is 2.98. The first kappa shape index (κ1) is 11.4. The number of nitrogens with one attached hydrogen (secondary N) is 1. The summed E-state index contributed by atoms with van der Waals surface area (Å²) in [5.41, 5.74) is 7.17. The van der Waals surface area contributed by atoms with Gasteiger partial charge in [0.2, 0.25) is 12.6 Å². The van der Waals surface area contributed by atoms with E-state index < -0.39 is 5.91 Å². The minimum Gasteiger partial charge on any atom is -0.454 e. The number of nitrogens with zero attached hydrogens (tertiary/aromatic N) is 1. The lowest BCUT2D eigenvalue weighted by Crippen LogP contribution is -2.13. The van der Waals surface area contributed by atoms with Gasteiger partial charge in [-0.15, -0.1) is 0 Å². The molecule has 0 aliphatic carbocycles. The van der Waals surface area contributed by atoms with Crippen molar-refractivity contribution in [3.05, 3.63) is 30.0 Å². The molecule has 1 aromatic heterocycles. The van der Waals surface area contributed by atoms with E-state index >= 15 is 0 Å². The molecule has 0 bridgehead atoms. The lowest BCUT2D eigenvalue weighted by atomic mass is 10.2. The number of anilines is 2. The fourth-order valence-electron chi connectivity index (χ4n) is 1.76. The van der Waals surface area contributed by atoms with E-state index in [0.717, 1.165) is 0 Å². The van der Waals surface area contributed by atoms with E-state index in [0.29, 0.717) is 28.6 Å². The number of carbonyl (C=O) groups is 1. The summed E-state index contributed by atoms with van der Waals surface area (Å²) in [5, 5.41) is 2.65. The molecule has 98 valence electrons. The Balaban J connectivity index is 1.88. The van der Waals surface area contributed by atoms with Gasteiger partial charge in [0.25, 0.3) is 5.91 Å². The molecule has 19 heavy (non-hydrogen) atoms. The SMILES string of the molecule is Cc1ncoc1C(=O)Nc1cc2c(cc1N)OCO2. The summed E-state index contributed by atoms with van der Waals surface area (Å²) < 4.78 is 15.4. The highest BCUT2D eigenvalue weighted by molar-refractivity contribution is 6.04. The van der Waals surface area contributed by atoms with E-state index in [9.17, 15) is 4.79 Å². The van der Waals surface area contributed by atoms with Crippen LogP contribution in [0.3, 0.4) is 0 Å². The third-order valence-corrected chi connectivity index (χ3v) is 2.74. The van der Waals surface area contributed by atoms with E-state index in [1.807, 2.05) is 0 Å². The van der Waals surface area contributed by atoms with Crippen molar-refractivity contribution in [1.82, 2.24) is 4.98 Å². The number of rotatable bonds is 2. The molecular formula is C12H11N3O4. The van der Waals surface area contributed by atoms with Crippen molar-refractivity contribution >= 4 is 17.3 Å². The van der Waals surface area contributed by atoms with Gasteiger partial charge in [-0.05, 0) is 6.92 Å². The number of nitrogens with two attached hydrogens (primary N) is 1. The smallest absolute Gasteiger partial charge is 0.293 e. The van der Waals surface area contributed by atoms with Crippen LogP contribution >= 0.6 is 0 Å². The number of amides is 1. The molecular weight excluding hydrogens is 250 g/mol. The summed E-state index contributed by atoms with van der Waals surface area (Å²) in [4.78, 5) is 15.8. The molecule has 0 saturated carbocycles. The molecule has 1 amide bonds. The topological polar surface area (TPSA) is 99.6 Å². The Morgan fingerprint density at radius 1 is 1.37 bits per heavy atom. The molecule has 1 aromatic carbocycles. The summed E-state index contributed by atoms with van der Waals surface area (Å²) in [7, 11) is 0. The minimum absolute atomic E-state index is 0.146. The van der Waals surface area contributed by atoms with E-state index in [4.69, 9.17) is 19.6 Å². The van der Waals surface area contributed by atoms with Crippen LogP contribution in [-0.4, -0.2) is 17.7 Å².